The quantitative estimate of drug-likeness (QED) is 0.868. The van der Waals surface area contributed by atoms with Crippen molar-refractivity contribution in [3.05, 3.63) is 36.1 Å². The molecule has 140 valence electrons. The lowest BCUT2D eigenvalue weighted by molar-refractivity contribution is -0.00107. The molecule has 1 N–H and O–H groups in total. The Bertz CT molecular complexity index is 748. The third-order valence-electron chi connectivity index (χ3n) is 4.64. The Morgan fingerprint density at radius 1 is 1.46 bits per heavy atom. The van der Waals surface area contributed by atoms with Crippen molar-refractivity contribution < 1.29 is 14.4 Å². The van der Waals surface area contributed by atoms with Gasteiger partial charge < -0.3 is 19.4 Å². The van der Waals surface area contributed by atoms with Crippen LogP contribution in [-0.4, -0.2) is 63.3 Å². The van der Waals surface area contributed by atoms with Crippen LogP contribution in [0.15, 0.2) is 29.2 Å². The first-order chi connectivity index (χ1) is 12.4. The topological polar surface area (TPSA) is 95.6 Å². The normalized spacial score (nSPS) is 20.4. The molecule has 3 heterocycles. The van der Waals surface area contributed by atoms with E-state index in [1.807, 2.05) is 18.7 Å². The number of hydrogen-bond acceptors (Lipinski definition) is 7. The van der Waals surface area contributed by atoms with Crippen LogP contribution in [-0.2, 0) is 0 Å². The summed E-state index contributed by atoms with van der Waals surface area (Å²) in [6.45, 7) is 5.39. The Morgan fingerprint density at radius 3 is 2.92 bits per heavy atom. The van der Waals surface area contributed by atoms with Crippen LogP contribution < -0.4 is 4.90 Å². The van der Waals surface area contributed by atoms with Gasteiger partial charge in [-0.1, -0.05) is 19.0 Å². The number of carbonyl (C=O) groups excluding carboxylic acids is 1. The average Bonchev–Trinajstić information content (AvgIpc) is 3.12. The standard InChI is InChI=1S/C18H25N5O3/c1-13(2)14-9-15(26-21-14)17(24)22(3)11-18(25)5-4-8-23(12-18)16-10-19-6-7-20-16/h6-7,9-10,13,25H,4-5,8,11-12H2,1-3H3/t18-/m0/s1. The van der Waals surface area contributed by atoms with E-state index in [0.717, 1.165) is 24.5 Å². The molecule has 1 fully saturated rings. The summed E-state index contributed by atoms with van der Waals surface area (Å²) in [6, 6.07) is 1.67. The highest BCUT2D eigenvalue weighted by molar-refractivity contribution is 5.91. The van der Waals surface area contributed by atoms with Crippen molar-refractivity contribution in [2.45, 2.75) is 38.2 Å². The second-order valence-electron chi connectivity index (χ2n) is 7.25. The number of nitrogens with zero attached hydrogens (tertiary/aromatic N) is 5. The lowest BCUT2D eigenvalue weighted by Gasteiger charge is -2.41. The van der Waals surface area contributed by atoms with E-state index in [0.29, 0.717) is 13.0 Å². The summed E-state index contributed by atoms with van der Waals surface area (Å²) in [7, 11) is 1.67. The minimum Gasteiger partial charge on any atom is -0.386 e. The molecule has 1 aliphatic rings. The van der Waals surface area contributed by atoms with E-state index in [1.54, 1.807) is 31.7 Å². The van der Waals surface area contributed by atoms with Gasteiger partial charge in [-0.05, 0) is 18.8 Å². The molecule has 1 saturated heterocycles. The summed E-state index contributed by atoms with van der Waals surface area (Å²) in [5.41, 5.74) is -0.270. The molecule has 0 saturated carbocycles. The Kier molecular flexibility index (Phi) is 5.22. The molecular formula is C18H25N5O3. The summed E-state index contributed by atoms with van der Waals surface area (Å²) in [5.74, 6) is 0.834. The van der Waals surface area contributed by atoms with Crippen molar-refractivity contribution in [2.75, 3.05) is 31.6 Å². The van der Waals surface area contributed by atoms with Gasteiger partial charge in [0.15, 0.2) is 0 Å². The van der Waals surface area contributed by atoms with Gasteiger partial charge in [-0.3, -0.25) is 9.78 Å². The molecular weight excluding hydrogens is 334 g/mol. The zero-order chi connectivity index (χ0) is 18.7. The van der Waals surface area contributed by atoms with Gasteiger partial charge in [0.05, 0.1) is 24.0 Å². The Hall–Kier alpha value is -2.48. The molecule has 0 bridgehead atoms. The van der Waals surface area contributed by atoms with Gasteiger partial charge in [0, 0.05) is 38.6 Å². The van der Waals surface area contributed by atoms with E-state index >= 15 is 0 Å². The Morgan fingerprint density at radius 2 is 2.27 bits per heavy atom. The fourth-order valence-electron chi connectivity index (χ4n) is 3.25. The molecule has 0 spiro atoms. The van der Waals surface area contributed by atoms with Crippen LogP contribution in [0.3, 0.4) is 0 Å². The molecule has 2 aromatic rings. The van der Waals surface area contributed by atoms with Gasteiger partial charge in [-0.15, -0.1) is 0 Å². The summed E-state index contributed by atoms with van der Waals surface area (Å²) >= 11 is 0. The molecule has 0 unspecified atom stereocenters. The van der Waals surface area contributed by atoms with Gasteiger partial charge in [0.25, 0.3) is 5.91 Å². The number of piperidine rings is 1. The van der Waals surface area contributed by atoms with E-state index in [1.165, 1.54) is 4.90 Å². The van der Waals surface area contributed by atoms with Crippen LogP contribution >= 0.6 is 0 Å². The minimum absolute atomic E-state index is 0.189. The van der Waals surface area contributed by atoms with Gasteiger partial charge in [-0.25, -0.2) is 4.98 Å². The number of likely N-dealkylation sites (N-methyl/N-ethyl adjacent to an activating group) is 1. The van der Waals surface area contributed by atoms with Gasteiger partial charge in [-0.2, -0.15) is 0 Å². The first kappa shape index (κ1) is 18.3. The van der Waals surface area contributed by atoms with Crippen LogP contribution in [0.25, 0.3) is 0 Å². The number of anilines is 1. The van der Waals surface area contributed by atoms with Crippen LogP contribution in [0, 0.1) is 0 Å². The Labute approximate surface area is 152 Å². The number of aliphatic hydroxyl groups is 1. The predicted molar refractivity (Wildman–Crippen MR) is 96.0 cm³/mol. The van der Waals surface area contributed by atoms with Crippen LogP contribution in [0.1, 0.15) is 48.9 Å². The van der Waals surface area contributed by atoms with Crippen molar-refractivity contribution in [2.24, 2.45) is 0 Å². The molecule has 8 heteroatoms. The lowest BCUT2D eigenvalue weighted by atomic mass is 9.92. The fourth-order valence-corrected chi connectivity index (χ4v) is 3.25. The summed E-state index contributed by atoms with van der Waals surface area (Å²) in [4.78, 5) is 24.5. The fraction of sp³-hybridized carbons (Fsp3) is 0.556. The largest absolute Gasteiger partial charge is 0.386 e. The maximum Gasteiger partial charge on any atom is 0.292 e. The van der Waals surface area contributed by atoms with Crippen molar-refractivity contribution in [1.82, 2.24) is 20.0 Å². The predicted octanol–water partition coefficient (Wildman–Crippen LogP) is 1.69. The second kappa shape index (κ2) is 7.41. The molecule has 1 amide bonds. The van der Waals surface area contributed by atoms with E-state index < -0.39 is 5.60 Å². The highest BCUT2D eigenvalue weighted by Crippen LogP contribution is 2.26. The van der Waals surface area contributed by atoms with Gasteiger partial charge in [0.2, 0.25) is 5.76 Å². The molecule has 3 rings (SSSR count). The van der Waals surface area contributed by atoms with E-state index in [2.05, 4.69) is 15.1 Å². The molecule has 0 aromatic carbocycles. The van der Waals surface area contributed by atoms with Crippen LogP contribution in [0.5, 0.6) is 0 Å². The van der Waals surface area contributed by atoms with E-state index in [4.69, 9.17) is 4.52 Å². The maximum absolute atomic E-state index is 12.6. The smallest absolute Gasteiger partial charge is 0.292 e. The van der Waals surface area contributed by atoms with E-state index in [9.17, 15) is 9.90 Å². The summed E-state index contributed by atoms with van der Waals surface area (Å²) in [5, 5.41) is 15.0. The zero-order valence-corrected chi connectivity index (χ0v) is 15.4. The third-order valence-corrected chi connectivity index (χ3v) is 4.64. The first-order valence-electron chi connectivity index (χ1n) is 8.83. The van der Waals surface area contributed by atoms with Crippen molar-refractivity contribution >= 4 is 11.7 Å². The molecule has 1 atom stereocenters. The number of aromatic nitrogens is 3. The van der Waals surface area contributed by atoms with Crippen LogP contribution in [0.2, 0.25) is 0 Å². The second-order valence-corrected chi connectivity index (χ2v) is 7.25. The number of β-amino-alcohol motifs (C(OH)–C–C–N with tert-alkyl or cyclic N) is 1. The molecule has 8 nitrogen and oxygen atoms in total. The molecule has 26 heavy (non-hydrogen) atoms. The average molecular weight is 359 g/mol. The number of hydrogen-bond donors (Lipinski definition) is 1. The highest BCUT2D eigenvalue weighted by Gasteiger charge is 2.36. The van der Waals surface area contributed by atoms with Crippen molar-refractivity contribution in [1.29, 1.82) is 0 Å². The van der Waals surface area contributed by atoms with E-state index in [-0.39, 0.29) is 24.1 Å². The van der Waals surface area contributed by atoms with Gasteiger partial charge >= 0.3 is 0 Å². The molecule has 0 radical (unpaired) electrons. The van der Waals surface area contributed by atoms with Gasteiger partial charge in [0.1, 0.15) is 5.82 Å². The number of amides is 1. The lowest BCUT2D eigenvalue weighted by Crippen LogP contribution is -2.54. The van der Waals surface area contributed by atoms with Crippen LogP contribution in [0.4, 0.5) is 5.82 Å². The Balaban J connectivity index is 1.67. The maximum atomic E-state index is 12.6. The minimum atomic E-state index is -1.01. The van der Waals surface area contributed by atoms with Crippen molar-refractivity contribution in [3.8, 4) is 0 Å². The monoisotopic (exact) mass is 359 g/mol. The van der Waals surface area contributed by atoms with Crippen molar-refractivity contribution in [3.63, 3.8) is 0 Å². The number of rotatable bonds is 5. The summed E-state index contributed by atoms with van der Waals surface area (Å²) in [6.07, 6.45) is 6.37. The molecule has 0 aliphatic carbocycles. The zero-order valence-electron chi connectivity index (χ0n) is 15.4. The first-order valence-corrected chi connectivity index (χ1v) is 8.83. The summed E-state index contributed by atoms with van der Waals surface area (Å²) < 4.78 is 5.17. The number of carbonyl (C=O) groups is 1. The molecule has 2 aromatic heterocycles. The highest BCUT2D eigenvalue weighted by atomic mass is 16.5. The molecule has 1 aliphatic heterocycles. The third kappa shape index (κ3) is 4.01. The SMILES string of the molecule is CC(C)c1cc(C(=O)N(C)C[C@@]2(O)CCCN(c3cnccn3)C2)on1.